The Morgan fingerprint density at radius 3 is 2.71 bits per heavy atom. The lowest BCUT2D eigenvalue weighted by Crippen LogP contribution is -2.50. The van der Waals surface area contributed by atoms with Gasteiger partial charge in [0.1, 0.15) is 5.15 Å². The van der Waals surface area contributed by atoms with Crippen LogP contribution in [-0.2, 0) is 13.6 Å². The first kappa shape index (κ1) is 15.3. The van der Waals surface area contributed by atoms with E-state index in [0.29, 0.717) is 11.6 Å². The smallest absolute Gasteiger partial charge is 0.131 e. The molecule has 2 heterocycles. The standard InChI is InChI=1S/C16H27ClN4/c1-12-6-9-18-16(7-4-5-8-16)11-21(12)10-14-13(2)19-20(3)15(14)17/h12,18H,4-11H2,1-3H3. The van der Waals surface area contributed by atoms with Crippen molar-refractivity contribution in [3.63, 3.8) is 0 Å². The highest BCUT2D eigenvalue weighted by atomic mass is 35.5. The molecule has 1 unspecified atom stereocenters. The summed E-state index contributed by atoms with van der Waals surface area (Å²) < 4.78 is 1.79. The lowest BCUT2D eigenvalue weighted by molar-refractivity contribution is 0.160. The first-order chi connectivity index (χ1) is 10.0. The molecule has 0 radical (unpaired) electrons. The Bertz CT molecular complexity index is 505. The second-order valence-corrected chi connectivity index (χ2v) is 7.29. The van der Waals surface area contributed by atoms with E-state index >= 15 is 0 Å². The van der Waals surface area contributed by atoms with Crippen LogP contribution in [-0.4, -0.2) is 39.4 Å². The highest BCUT2D eigenvalue weighted by molar-refractivity contribution is 6.30. The normalized spacial score (nSPS) is 26.4. The van der Waals surface area contributed by atoms with Crippen LogP contribution in [0.15, 0.2) is 0 Å². The van der Waals surface area contributed by atoms with E-state index in [9.17, 15) is 0 Å². The highest BCUT2D eigenvalue weighted by Crippen LogP contribution is 2.34. The molecule has 0 bridgehead atoms. The second-order valence-electron chi connectivity index (χ2n) is 6.94. The molecule has 1 atom stereocenters. The van der Waals surface area contributed by atoms with Gasteiger partial charge in [0.25, 0.3) is 0 Å². The molecule has 1 aliphatic heterocycles. The van der Waals surface area contributed by atoms with Crippen molar-refractivity contribution in [2.45, 2.75) is 64.1 Å². The van der Waals surface area contributed by atoms with Crippen molar-refractivity contribution in [1.82, 2.24) is 20.0 Å². The van der Waals surface area contributed by atoms with Crippen molar-refractivity contribution in [2.75, 3.05) is 13.1 Å². The third-order valence-corrected chi connectivity index (χ3v) is 5.86. The quantitative estimate of drug-likeness (QED) is 0.912. The Hall–Kier alpha value is -0.580. The Balaban J connectivity index is 1.81. The van der Waals surface area contributed by atoms with Gasteiger partial charge >= 0.3 is 0 Å². The topological polar surface area (TPSA) is 33.1 Å². The Morgan fingerprint density at radius 2 is 2.10 bits per heavy atom. The van der Waals surface area contributed by atoms with Crippen LogP contribution in [0, 0.1) is 6.92 Å². The van der Waals surface area contributed by atoms with Crippen LogP contribution < -0.4 is 5.32 Å². The van der Waals surface area contributed by atoms with Gasteiger partial charge in [0.05, 0.1) is 5.69 Å². The maximum absolute atomic E-state index is 6.43. The minimum atomic E-state index is 0.341. The van der Waals surface area contributed by atoms with E-state index in [-0.39, 0.29) is 0 Å². The van der Waals surface area contributed by atoms with Crippen molar-refractivity contribution in [3.8, 4) is 0 Å². The van der Waals surface area contributed by atoms with Gasteiger partial charge < -0.3 is 5.32 Å². The maximum Gasteiger partial charge on any atom is 0.131 e. The molecule has 0 amide bonds. The summed E-state index contributed by atoms with van der Waals surface area (Å²) in [6.45, 7) is 7.60. The van der Waals surface area contributed by atoms with Crippen LogP contribution in [0.5, 0.6) is 0 Å². The lowest BCUT2D eigenvalue weighted by atomic mass is 9.97. The molecule has 1 saturated carbocycles. The average molecular weight is 311 g/mol. The van der Waals surface area contributed by atoms with E-state index in [1.807, 2.05) is 7.05 Å². The summed E-state index contributed by atoms with van der Waals surface area (Å²) in [7, 11) is 1.92. The van der Waals surface area contributed by atoms with E-state index in [0.717, 1.165) is 30.5 Å². The van der Waals surface area contributed by atoms with Gasteiger partial charge in [-0.15, -0.1) is 0 Å². The van der Waals surface area contributed by atoms with E-state index in [1.165, 1.54) is 37.7 Å². The molecule has 1 spiro atoms. The predicted molar refractivity (Wildman–Crippen MR) is 86.6 cm³/mol. The Labute approximate surface area is 132 Å². The first-order valence-electron chi connectivity index (χ1n) is 8.18. The number of halogens is 1. The molecule has 118 valence electrons. The van der Waals surface area contributed by atoms with Gasteiger partial charge in [0.2, 0.25) is 0 Å². The number of aryl methyl sites for hydroxylation is 2. The third kappa shape index (κ3) is 2.99. The molecule has 3 rings (SSSR count). The maximum atomic E-state index is 6.43. The monoisotopic (exact) mass is 310 g/mol. The molecular weight excluding hydrogens is 284 g/mol. The minimum absolute atomic E-state index is 0.341. The van der Waals surface area contributed by atoms with Crippen LogP contribution in [0.3, 0.4) is 0 Å². The number of nitrogens with zero attached hydrogens (tertiary/aromatic N) is 3. The van der Waals surface area contributed by atoms with Gasteiger partial charge in [-0.05, 0) is 39.7 Å². The van der Waals surface area contributed by atoms with Crippen LogP contribution in [0.25, 0.3) is 0 Å². The zero-order valence-electron chi connectivity index (χ0n) is 13.5. The summed E-state index contributed by atoms with van der Waals surface area (Å²) >= 11 is 6.43. The molecule has 4 nitrogen and oxygen atoms in total. The lowest BCUT2D eigenvalue weighted by Gasteiger charge is -2.35. The van der Waals surface area contributed by atoms with Crippen LogP contribution in [0.1, 0.15) is 50.3 Å². The Kier molecular flexibility index (Phi) is 4.30. The van der Waals surface area contributed by atoms with Crippen LogP contribution >= 0.6 is 11.6 Å². The van der Waals surface area contributed by atoms with Crippen LogP contribution in [0.2, 0.25) is 5.15 Å². The van der Waals surface area contributed by atoms with Crippen LogP contribution in [0.4, 0.5) is 0 Å². The molecule has 1 N–H and O–H groups in total. The summed E-state index contributed by atoms with van der Waals surface area (Å²) in [4.78, 5) is 2.61. The molecule has 0 aromatic carbocycles. The van der Waals surface area contributed by atoms with E-state index in [4.69, 9.17) is 11.6 Å². The summed E-state index contributed by atoms with van der Waals surface area (Å²) in [5, 5.41) is 9.09. The largest absolute Gasteiger partial charge is 0.310 e. The van der Waals surface area contributed by atoms with Crippen molar-refractivity contribution in [2.24, 2.45) is 7.05 Å². The zero-order valence-corrected chi connectivity index (χ0v) is 14.2. The zero-order chi connectivity index (χ0) is 15.0. The van der Waals surface area contributed by atoms with Crippen molar-refractivity contribution in [1.29, 1.82) is 0 Å². The summed E-state index contributed by atoms with van der Waals surface area (Å²) in [5.74, 6) is 0. The second kappa shape index (κ2) is 5.90. The van der Waals surface area contributed by atoms with Gasteiger partial charge in [0.15, 0.2) is 0 Å². The molecule has 1 aliphatic carbocycles. The molecule has 5 heteroatoms. The van der Waals surface area contributed by atoms with E-state index < -0.39 is 0 Å². The van der Waals surface area contributed by atoms with Crippen molar-refractivity contribution >= 4 is 11.6 Å². The number of rotatable bonds is 2. The number of hydrogen-bond donors (Lipinski definition) is 1. The van der Waals surface area contributed by atoms with Gasteiger partial charge in [-0.25, -0.2) is 0 Å². The minimum Gasteiger partial charge on any atom is -0.310 e. The molecule has 2 aliphatic rings. The molecule has 21 heavy (non-hydrogen) atoms. The Morgan fingerprint density at radius 1 is 1.38 bits per heavy atom. The number of hydrogen-bond acceptors (Lipinski definition) is 3. The first-order valence-corrected chi connectivity index (χ1v) is 8.56. The SMILES string of the molecule is Cc1nn(C)c(Cl)c1CN1CC2(CCCC2)NCCC1C. The number of nitrogens with one attached hydrogen (secondary N) is 1. The van der Waals surface area contributed by atoms with E-state index in [1.54, 1.807) is 4.68 Å². The fourth-order valence-electron chi connectivity index (χ4n) is 3.98. The van der Waals surface area contributed by atoms with Gasteiger partial charge in [-0.2, -0.15) is 5.10 Å². The highest BCUT2D eigenvalue weighted by Gasteiger charge is 2.38. The van der Waals surface area contributed by atoms with Gasteiger partial charge in [-0.3, -0.25) is 9.58 Å². The van der Waals surface area contributed by atoms with Crippen molar-refractivity contribution < 1.29 is 0 Å². The third-order valence-electron chi connectivity index (χ3n) is 5.38. The predicted octanol–water partition coefficient (Wildman–Crippen LogP) is 2.88. The average Bonchev–Trinajstić information content (AvgIpc) is 2.93. The molecule has 1 saturated heterocycles. The summed E-state index contributed by atoms with van der Waals surface area (Å²) in [6, 6.07) is 0.591. The molecular formula is C16H27ClN4. The van der Waals surface area contributed by atoms with Gasteiger partial charge in [-0.1, -0.05) is 24.4 Å². The molecule has 2 fully saturated rings. The van der Waals surface area contributed by atoms with Gasteiger partial charge in [0, 0.05) is 37.3 Å². The number of aromatic nitrogens is 2. The summed E-state index contributed by atoms with van der Waals surface area (Å²) in [5.41, 5.74) is 2.60. The molecule has 1 aromatic heterocycles. The fourth-order valence-corrected chi connectivity index (χ4v) is 4.22. The molecule has 1 aromatic rings. The van der Waals surface area contributed by atoms with Crippen molar-refractivity contribution in [3.05, 3.63) is 16.4 Å². The fraction of sp³-hybridized carbons (Fsp3) is 0.812. The summed E-state index contributed by atoms with van der Waals surface area (Å²) in [6.07, 6.45) is 6.56. The van der Waals surface area contributed by atoms with E-state index in [2.05, 4.69) is 29.2 Å².